The number of hydrogen-bond donors (Lipinski definition) is 1. The summed E-state index contributed by atoms with van der Waals surface area (Å²) in [6.45, 7) is 0.211. The Hall–Kier alpha value is -0.220. The summed E-state index contributed by atoms with van der Waals surface area (Å²) >= 11 is 1.65. The number of aliphatic hydroxyl groups excluding tert-OH is 1. The van der Waals surface area contributed by atoms with Gasteiger partial charge < -0.3 is 9.84 Å². The molecule has 0 radical (unpaired) electrons. The van der Waals surface area contributed by atoms with Crippen LogP contribution in [0.3, 0.4) is 0 Å². The Kier molecular flexibility index (Phi) is 7.72. The molecule has 66 valence electrons. The maximum atomic E-state index is 10.6. The molecule has 0 aromatic heterocycles. The number of rotatable bonds is 6. The lowest BCUT2D eigenvalue weighted by atomic mass is 10.3. The molecule has 11 heavy (non-hydrogen) atoms. The summed E-state index contributed by atoms with van der Waals surface area (Å²) in [7, 11) is 1.39. The summed E-state index contributed by atoms with van der Waals surface area (Å²) in [6.07, 6.45) is 1.31. The zero-order chi connectivity index (χ0) is 8.53. The molecule has 3 nitrogen and oxygen atoms in total. The van der Waals surface area contributed by atoms with Gasteiger partial charge in [-0.1, -0.05) is 0 Å². The molecule has 0 aliphatic carbocycles. The van der Waals surface area contributed by atoms with E-state index in [1.165, 1.54) is 7.11 Å². The SMILES string of the molecule is COC(=O)CCCSCCO. The lowest BCUT2D eigenvalue weighted by Gasteiger charge is -1.98. The molecule has 0 aliphatic heterocycles. The average molecular weight is 178 g/mol. The van der Waals surface area contributed by atoms with Crippen molar-refractivity contribution < 1.29 is 14.6 Å². The molecule has 0 aromatic carbocycles. The third kappa shape index (κ3) is 7.68. The van der Waals surface area contributed by atoms with Crippen molar-refractivity contribution in [1.29, 1.82) is 0 Å². The smallest absolute Gasteiger partial charge is 0.305 e. The van der Waals surface area contributed by atoms with Crippen molar-refractivity contribution >= 4 is 17.7 Å². The first-order valence-corrected chi connectivity index (χ1v) is 4.72. The Morgan fingerprint density at radius 2 is 2.27 bits per heavy atom. The topological polar surface area (TPSA) is 46.5 Å². The fourth-order valence-corrected chi connectivity index (χ4v) is 1.27. The van der Waals surface area contributed by atoms with Crippen LogP contribution in [-0.4, -0.2) is 36.3 Å². The number of hydrogen-bond acceptors (Lipinski definition) is 4. The van der Waals surface area contributed by atoms with E-state index in [4.69, 9.17) is 5.11 Å². The van der Waals surface area contributed by atoms with E-state index in [0.29, 0.717) is 6.42 Å². The molecule has 0 aromatic rings. The minimum Gasteiger partial charge on any atom is -0.469 e. The zero-order valence-corrected chi connectivity index (χ0v) is 7.52. The van der Waals surface area contributed by atoms with E-state index < -0.39 is 0 Å². The van der Waals surface area contributed by atoms with Crippen LogP contribution in [0.25, 0.3) is 0 Å². The molecular weight excluding hydrogens is 164 g/mol. The Morgan fingerprint density at radius 3 is 2.82 bits per heavy atom. The largest absolute Gasteiger partial charge is 0.469 e. The maximum absolute atomic E-state index is 10.6. The van der Waals surface area contributed by atoms with Crippen molar-refractivity contribution in [2.75, 3.05) is 25.2 Å². The lowest BCUT2D eigenvalue weighted by molar-refractivity contribution is -0.140. The number of thioether (sulfide) groups is 1. The maximum Gasteiger partial charge on any atom is 0.305 e. The Labute approximate surface area is 71.1 Å². The minimum atomic E-state index is -0.158. The van der Waals surface area contributed by atoms with Crippen molar-refractivity contribution in [1.82, 2.24) is 0 Å². The standard InChI is InChI=1S/C7H14O3S/c1-10-7(9)3-2-5-11-6-4-8/h8H,2-6H2,1H3. The van der Waals surface area contributed by atoms with Crippen molar-refractivity contribution in [3.63, 3.8) is 0 Å². The van der Waals surface area contributed by atoms with Gasteiger partial charge in [0, 0.05) is 12.2 Å². The normalized spacial score (nSPS) is 9.64. The van der Waals surface area contributed by atoms with Crippen LogP contribution in [0.4, 0.5) is 0 Å². The molecule has 1 N–H and O–H groups in total. The fourth-order valence-electron chi connectivity index (χ4n) is 0.587. The van der Waals surface area contributed by atoms with Crippen molar-refractivity contribution in [2.45, 2.75) is 12.8 Å². The van der Waals surface area contributed by atoms with Crippen LogP contribution in [0, 0.1) is 0 Å². The van der Waals surface area contributed by atoms with Gasteiger partial charge in [-0.15, -0.1) is 0 Å². The average Bonchev–Trinajstić information content (AvgIpc) is 2.04. The summed E-state index contributed by atoms with van der Waals surface area (Å²) < 4.78 is 4.46. The lowest BCUT2D eigenvalue weighted by Crippen LogP contribution is -2.00. The van der Waals surface area contributed by atoms with Gasteiger partial charge in [-0.3, -0.25) is 4.79 Å². The molecule has 0 bridgehead atoms. The molecule has 0 fully saturated rings. The zero-order valence-electron chi connectivity index (χ0n) is 6.71. The fraction of sp³-hybridized carbons (Fsp3) is 0.857. The first kappa shape index (κ1) is 10.8. The Bertz CT molecular complexity index is 106. The van der Waals surface area contributed by atoms with Gasteiger partial charge in [-0.25, -0.2) is 0 Å². The van der Waals surface area contributed by atoms with Gasteiger partial charge in [0.2, 0.25) is 0 Å². The molecule has 0 unspecified atom stereocenters. The van der Waals surface area contributed by atoms with Crippen molar-refractivity contribution in [3.05, 3.63) is 0 Å². The monoisotopic (exact) mass is 178 g/mol. The summed E-state index contributed by atoms with van der Waals surface area (Å²) in [4.78, 5) is 10.6. The highest BCUT2D eigenvalue weighted by Crippen LogP contribution is 2.03. The number of methoxy groups -OCH3 is 1. The molecule has 0 saturated heterocycles. The van der Waals surface area contributed by atoms with E-state index in [2.05, 4.69) is 4.74 Å². The Morgan fingerprint density at radius 1 is 1.55 bits per heavy atom. The molecular formula is C7H14O3S. The number of carbonyl (C=O) groups is 1. The van der Waals surface area contributed by atoms with Gasteiger partial charge >= 0.3 is 5.97 Å². The van der Waals surface area contributed by atoms with Crippen molar-refractivity contribution in [3.8, 4) is 0 Å². The van der Waals surface area contributed by atoms with Gasteiger partial charge in [-0.2, -0.15) is 11.8 Å². The number of aliphatic hydroxyl groups is 1. The molecule has 0 amide bonds. The highest BCUT2D eigenvalue weighted by Gasteiger charge is 1.98. The first-order chi connectivity index (χ1) is 5.31. The first-order valence-electron chi connectivity index (χ1n) is 3.56. The van der Waals surface area contributed by atoms with Crippen LogP contribution in [0.2, 0.25) is 0 Å². The summed E-state index contributed by atoms with van der Waals surface area (Å²) in [5.41, 5.74) is 0. The number of esters is 1. The highest BCUT2D eigenvalue weighted by atomic mass is 32.2. The van der Waals surface area contributed by atoms with Crippen LogP contribution in [0.5, 0.6) is 0 Å². The van der Waals surface area contributed by atoms with Crippen LogP contribution in [-0.2, 0) is 9.53 Å². The van der Waals surface area contributed by atoms with E-state index in [9.17, 15) is 4.79 Å². The highest BCUT2D eigenvalue weighted by molar-refractivity contribution is 7.99. The molecule has 0 aliphatic rings. The molecule has 0 atom stereocenters. The van der Waals surface area contributed by atoms with E-state index in [0.717, 1.165) is 17.9 Å². The van der Waals surface area contributed by atoms with Gasteiger partial charge in [0.15, 0.2) is 0 Å². The number of ether oxygens (including phenoxy) is 1. The predicted molar refractivity (Wildman–Crippen MR) is 45.7 cm³/mol. The second-order valence-corrected chi connectivity index (χ2v) is 3.24. The number of carbonyl (C=O) groups excluding carboxylic acids is 1. The van der Waals surface area contributed by atoms with Crippen LogP contribution in [0.15, 0.2) is 0 Å². The third-order valence-electron chi connectivity index (χ3n) is 1.13. The van der Waals surface area contributed by atoms with Gasteiger partial charge in [0.1, 0.15) is 0 Å². The molecule has 0 heterocycles. The summed E-state index contributed by atoms with van der Waals surface area (Å²) in [5, 5.41) is 8.41. The van der Waals surface area contributed by atoms with Gasteiger partial charge in [0.25, 0.3) is 0 Å². The van der Waals surface area contributed by atoms with Gasteiger partial charge in [-0.05, 0) is 12.2 Å². The molecule has 4 heteroatoms. The quantitative estimate of drug-likeness (QED) is 0.479. The minimum absolute atomic E-state index is 0.158. The predicted octanol–water partition coefficient (Wildman–Crippen LogP) is 0.665. The van der Waals surface area contributed by atoms with Crippen LogP contribution < -0.4 is 0 Å². The van der Waals surface area contributed by atoms with Gasteiger partial charge in [0.05, 0.1) is 13.7 Å². The van der Waals surface area contributed by atoms with E-state index >= 15 is 0 Å². The summed E-state index contributed by atoms with van der Waals surface area (Å²) in [6, 6.07) is 0. The molecule has 0 saturated carbocycles. The van der Waals surface area contributed by atoms with E-state index in [1.54, 1.807) is 11.8 Å². The van der Waals surface area contributed by atoms with Crippen LogP contribution in [0.1, 0.15) is 12.8 Å². The van der Waals surface area contributed by atoms with Crippen molar-refractivity contribution in [2.24, 2.45) is 0 Å². The molecule has 0 rings (SSSR count). The van der Waals surface area contributed by atoms with Crippen LogP contribution >= 0.6 is 11.8 Å². The second kappa shape index (κ2) is 7.88. The summed E-state index contributed by atoms with van der Waals surface area (Å²) in [5.74, 6) is 1.51. The Balaban J connectivity index is 2.95. The van der Waals surface area contributed by atoms with E-state index in [1.807, 2.05) is 0 Å². The molecule has 0 spiro atoms. The second-order valence-electron chi connectivity index (χ2n) is 2.02. The van der Waals surface area contributed by atoms with E-state index in [-0.39, 0.29) is 12.6 Å². The third-order valence-corrected chi connectivity index (χ3v) is 2.18.